The van der Waals surface area contributed by atoms with E-state index in [9.17, 15) is 16.8 Å². The van der Waals surface area contributed by atoms with Gasteiger partial charge in [-0.25, -0.2) is 16.8 Å². The SMILES string of the molecule is N#Cc1cccc(S(=O)(=O)CCS(=O)(=O)c2cccs2)c1. The number of nitriles is 1. The second kappa shape index (κ2) is 5.97. The maximum absolute atomic E-state index is 12.1. The molecule has 2 aromatic rings. The monoisotopic (exact) mass is 341 g/mol. The number of hydrogen-bond acceptors (Lipinski definition) is 6. The number of thiophene rings is 1. The van der Waals surface area contributed by atoms with Gasteiger partial charge in [-0.2, -0.15) is 5.26 Å². The molecule has 0 fully saturated rings. The van der Waals surface area contributed by atoms with E-state index in [-0.39, 0.29) is 14.7 Å². The molecular weight excluding hydrogens is 330 g/mol. The Hall–Kier alpha value is -1.69. The Bertz CT molecular complexity index is 876. The fourth-order valence-corrected chi connectivity index (χ4v) is 6.16. The maximum Gasteiger partial charge on any atom is 0.188 e. The molecule has 0 atom stereocenters. The van der Waals surface area contributed by atoms with Gasteiger partial charge in [-0.1, -0.05) is 12.1 Å². The van der Waals surface area contributed by atoms with Crippen molar-refractivity contribution in [1.29, 1.82) is 5.26 Å². The summed E-state index contributed by atoms with van der Waals surface area (Å²) >= 11 is 1.06. The Labute approximate surface area is 127 Å². The summed E-state index contributed by atoms with van der Waals surface area (Å²) in [7, 11) is -7.34. The van der Waals surface area contributed by atoms with Crippen molar-refractivity contribution in [3.63, 3.8) is 0 Å². The van der Waals surface area contributed by atoms with Crippen LogP contribution in [0, 0.1) is 11.3 Å². The fourth-order valence-electron chi connectivity index (χ4n) is 1.64. The summed E-state index contributed by atoms with van der Waals surface area (Å²) in [6.45, 7) is 0. The van der Waals surface area contributed by atoms with E-state index in [4.69, 9.17) is 5.26 Å². The minimum Gasteiger partial charge on any atom is -0.224 e. The van der Waals surface area contributed by atoms with E-state index < -0.39 is 31.2 Å². The van der Waals surface area contributed by atoms with Crippen LogP contribution in [0.5, 0.6) is 0 Å². The molecule has 0 aliphatic carbocycles. The van der Waals surface area contributed by atoms with Gasteiger partial charge in [0.05, 0.1) is 28.0 Å². The van der Waals surface area contributed by atoms with Crippen LogP contribution in [-0.4, -0.2) is 28.3 Å². The molecular formula is C13H11NO4S3. The van der Waals surface area contributed by atoms with Crippen molar-refractivity contribution in [2.24, 2.45) is 0 Å². The normalized spacial score (nSPS) is 12.0. The topological polar surface area (TPSA) is 92.1 Å². The van der Waals surface area contributed by atoms with Gasteiger partial charge in [0.1, 0.15) is 4.21 Å². The number of rotatable bonds is 5. The molecule has 0 N–H and O–H groups in total. The lowest BCUT2D eigenvalue weighted by Crippen LogP contribution is -2.17. The Morgan fingerprint density at radius 3 is 2.33 bits per heavy atom. The van der Waals surface area contributed by atoms with Gasteiger partial charge in [-0.05, 0) is 29.6 Å². The van der Waals surface area contributed by atoms with Crippen LogP contribution >= 0.6 is 11.3 Å². The first-order valence-corrected chi connectivity index (χ1v) is 10.0. The lowest BCUT2D eigenvalue weighted by Gasteiger charge is -2.05. The van der Waals surface area contributed by atoms with Crippen LogP contribution < -0.4 is 0 Å². The number of nitrogens with zero attached hydrogens (tertiary/aromatic N) is 1. The smallest absolute Gasteiger partial charge is 0.188 e. The number of sulfone groups is 2. The highest BCUT2D eigenvalue weighted by atomic mass is 32.2. The zero-order valence-electron chi connectivity index (χ0n) is 10.8. The first-order valence-electron chi connectivity index (χ1n) is 5.84. The molecule has 0 radical (unpaired) electrons. The molecule has 0 amide bonds. The lowest BCUT2D eigenvalue weighted by atomic mass is 10.2. The van der Waals surface area contributed by atoms with Gasteiger partial charge in [0.25, 0.3) is 0 Å². The van der Waals surface area contributed by atoms with Crippen LogP contribution in [0.4, 0.5) is 0 Å². The van der Waals surface area contributed by atoms with Gasteiger partial charge in [0, 0.05) is 0 Å². The summed E-state index contributed by atoms with van der Waals surface area (Å²) in [4.78, 5) is -0.0390. The van der Waals surface area contributed by atoms with E-state index >= 15 is 0 Å². The molecule has 2 rings (SSSR count). The molecule has 0 unspecified atom stereocenters. The second-order valence-electron chi connectivity index (χ2n) is 4.21. The largest absolute Gasteiger partial charge is 0.224 e. The minimum absolute atomic E-state index is 0.0390. The molecule has 21 heavy (non-hydrogen) atoms. The third-order valence-electron chi connectivity index (χ3n) is 2.74. The van der Waals surface area contributed by atoms with Crippen molar-refractivity contribution < 1.29 is 16.8 Å². The molecule has 0 bridgehead atoms. The van der Waals surface area contributed by atoms with Gasteiger partial charge in [0.15, 0.2) is 19.7 Å². The van der Waals surface area contributed by atoms with E-state index in [1.165, 1.54) is 30.3 Å². The van der Waals surface area contributed by atoms with Gasteiger partial charge >= 0.3 is 0 Å². The van der Waals surface area contributed by atoms with Crippen molar-refractivity contribution in [3.05, 3.63) is 47.3 Å². The molecule has 0 saturated carbocycles. The van der Waals surface area contributed by atoms with Crippen molar-refractivity contribution in [2.45, 2.75) is 9.10 Å². The lowest BCUT2D eigenvalue weighted by molar-refractivity contribution is 0.588. The Balaban J connectivity index is 2.21. The fraction of sp³-hybridized carbons (Fsp3) is 0.154. The highest BCUT2D eigenvalue weighted by Gasteiger charge is 2.22. The summed E-state index contributed by atoms with van der Waals surface area (Å²) in [5, 5.41) is 10.4. The van der Waals surface area contributed by atoms with Gasteiger partial charge in [0.2, 0.25) is 0 Å². The second-order valence-corrected chi connectivity index (χ2v) is 9.60. The first kappa shape index (κ1) is 15.7. The Morgan fingerprint density at radius 2 is 1.71 bits per heavy atom. The molecule has 110 valence electrons. The third-order valence-corrected chi connectivity index (χ3v) is 7.92. The summed E-state index contributed by atoms with van der Waals surface area (Å²) in [6.07, 6.45) is 0. The average molecular weight is 341 g/mol. The molecule has 0 saturated heterocycles. The standard InChI is InChI=1S/C13H11NO4S3/c14-10-11-3-1-4-12(9-11)20(15,16)7-8-21(17,18)13-5-2-6-19-13/h1-6,9H,7-8H2. The molecule has 1 heterocycles. The third kappa shape index (κ3) is 3.69. The van der Waals surface area contributed by atoms with Crippen LogP contribution in [0.15, 0.2) is 50.9 Å². The predicted octanol–water partition coefficient (Wildman–Crippen LogP) is 1.87. The van der Waals surface area contributed by atoms with Gasteiger partial charge in [-0.3, -0.25) is 0 Å². The van der Waals surface area contributed by atoms with E-state index in [0.717, 1.165) is 11.3 Å². The molecule has 0 aliphatic rings. The van der Waals surface area contributed by atoms with E-state index in [1.807, 2.05) is 6.07 Å². The summed E-state index contributed by atoms with van der Waals surface area (Å²) in [6, 6.07) is 10.4. The quantitative estimate of drug-likeness (QED) is 0.828. The van der Waals surface area contributed by atoms with Crippen LogP contribution in [0.3, 0.4) is 0 Å². The average Bonchev–Trinajstić information content (AvgIpc) is 3.01. The number of benzene rings is 1. The maximum atomic E-state index is 12.1. The molecule has 1 aromatic carbocycles. The number of hydrogen-bond donors (Lipinski definition) is 0. The van der Waals surface area contributed by atoms with E-state index in [1.54, 1.807) is 11.4 Å². The molecule has 0 aliphatic heterocycles. The van der Waals surface area contributed by atoms with Crippen LogP contribution in [-0.2, 0) is 19.7 Å². The van der Waals surface area contributed by atoms with E-state index in [0.29, 0.717) is 0 Å². The minimum atomic E-state index is -3.74. The molecule has 0 spiro atoms. The molecule has 1 aromatic heterocycles. The zero-order chi connectivity index (χ0) is 15.5. The summed E-state index contributed by atoms with van der Waals surface area (Å²) in [5.74, 6) is -0.991. The van der Waals surface area contributed by atoms with Gasteiger partial charge < -0.3 is 0 Å². The Kier molecular flexibility index (Phi) is 4.46. The van der Waals surface area contributed by atoms with Crippen LogP contribution in [0.25, 0.3) is 0 Å². The molecule has 8 heteroatoms. The van der Waals surface area contributed by atoms with Crippen molar-refractivity contribution >= 4 is 31.0 Å². The highest BCUT2D eigenvalue weighted by molar-refractivity contribution is 7.96. The van der Waals surface area contributed by atoms with Crippen LogP contribution in [0.2, 0.25) is 0 Å². The van der Waals surface area contributed by atoms with Crippen LogP contribution in [0.1, 0.15) is 5.56 Å². The van der Waals surface area contributed by atoms with E-state index in [2.05, 4.69) is 0 Å². The van der Waals surface area contributed by atoms with Crippen molar-refractivity contribution in [2.75, 3.05) is 11.5 Å². The van der Waals surface area contributed by atoms with Crippen molar-refractivity contribution in [1.82, 2.24) is 0 Å². The summed E-state index contributed by atoms with van der Waals surface area (Å²) < 4.78 is 48.4. The first-order chi connectivity index (χ1) is 9.85. The predicted molar refractivity (Wildman–Crippen MR) is 79.6 cm³/mol. The van der Waals surface area contributed by atoms with Crippen molar-refractivity contribution in [3.8, 4) is 6.07 Å². The summed E-state index contributed by atoms with van der Waals surface area (Å²) in [5.41, 5.74) is 0.220. The highest BCUT2D eigenvalue weighted by Crippen LogP contribution is 2.19. The van der Waals surface area contributed by atoms with Gasteiger partial charge in [-0.15, -0.1) is 11.3 Å². The Morgan fingerprint density at radius 1 is 1.00 bits per heavy atom. The molecule has 5 nitrogen and oxygen atoms in total. The zero-order valence-corrected chi connectivity index (χ0v) is 13.2.